The maximum atomic E-state index is 12.0. The Labute approximate surface area is 166 Å². The number of thiazole rings is 1. The molecule has 0 spiro atoms. The zero-order valence-electron chi connectivity index (χ0n) is 14.8. The van der Waals surface area contributed by atoms with E-state index in [1.807, 2.05) is 43.3 Å². The molecule has 0 radical (unpaired) electrons. The summed E-state index contributed by atoms with van der Waals surface area (Å²) in [5, 5.41) is 4.31. The molecule has 0 unspecified atom stereocenters. The van der Waals surface area contributed by atoms with E-state index in [1.54, 1.807) is 23.5 Å². The number of nitrogens with one attached hydrogen (secondary N) is 1. The first-order chi connectivity index (χ1) is 13.0. The van der Waals surface area contributed by atoms with Crippen LogP contribution in [-0.4, -0.2) is 23.5 Å². The second-order valence-electron chi connectivity index (χ2n) is 6.08. The number of halogens is 1. The Morgan fingerprint density at radius 1 is 1.19 bits per heavy atom. The van der Waals surface area contributed by atoms with Crippen LogP contribution in [0.3, 0.4) is 0 Å². The smallest absolute Gasteiger partial charge is 0.306 e. The fourth-order valence-electron chi connectivity index (χ4n) is 2.57. The Kier molecular flexibility index (Phi) is 6.42. The van der Waals surface area contributed by atoms with Gasteiger partial charge in [0, 0.05) is 11.4 Å². The van der Waals surface area contributed by atoms with Crippen molar-refractivity contribution in [3.05, 3.63) is 64.1 Å². The molecule has 1 heterocycles. The number of amides is 1. The molecule has 1 atom stereocenters. The van der Waals surface area contributed by atoms with Crippen molar-refractivity contribution < 1.29 is 14.3 Å². The summed E-state index contributed by atoms with van der Waals surface area (Å²) < 4.78 is 6.15. The van der Waals surface area contributed by atoms with Crippen molar-refractivity contribution in [2.75, 3.05) is 6.61 Å². The van der Waals surface area contributed by atoms with Crippen molar-refractivity contribution >= 4 is 45.0 Å². The number of carbonyl (C=O) groups excluding carboxylic acids is 2. The van der Waals surface area contributed by atoms with E-state index in [0.29, 0.717) is 11.4 Å². The van der Waals surface area contributed by atoms with Gasteiger partial charge in [0.15, 0.2) is 6.61 Å². The van der Waals surface area contributed by atoms with Crippen molar-refractivity contribution in [1.82, 2.24) is 10.3 Å². The van der Waals surface area contributed by atoms with E-state index in [9.17, 15) is 9.59 Å². The SMILES string of the molecule is C[C@H](NC(=O)COC(=O)CCc1nc2ccccc2s1)c1ccc(Cl)cc1. The Bertz CT molecular complexity index is 907. The fourth-order valence-corrected chi connectivity index (χ4v) is 3.66. The highest BCUT2D eigenvalue weighted by molar-refractivity contribution is 7.18. The van der Waals surface area contributed by atoms with Crippen LogP contribution in [0, 0.1) is 0 Å². The summed E-state index contributed by atoms with van der Waals surface area (Å²) in [6.07, 6.45) is 0.695. The molecular weight excluding hydrogens is 384 g/mol. The third kappa shape index (κ3) is 5.52. The lowest BCUT2D eigenvalue weighted by atomic mass is 10.1. The van der Waals surface area contributed by atoms with Gasteiger partial charge in [-0.1, -0.05) is 35.9 Å². The largest absolute Gasteiger partial charge is 0.456 e. The van der Waals surface area contributed by atoms with Gasteiger partial charge < -0.3 is 10.1 Å². The molecule has 0 saturated carbocycles. The minimum absolute atomic E-state index is 0.194. The van der Waals surface area contributed by atoms with Crippen LogP contribution in [0.2, 0.25) is 5.02 Å². The standard InChI is InChI=1S/C20H19ClN2O3S/c1-13(14-6-8-15(21)9-7-14)22-18(24)12-26-20(25)11-10-19-23-16-4-2-3-5-17(16)27-19/h2-9,13H,10-12H2,1H3,(H,22,24)/t13-/m0/s1. The summed E-state index contributed by atoms with van der Waals surface area (Å²) in [5.74, 6) is -0.755. The van der Waals surface area contributed by atoms with Crippen LogP contribution in [0.15, 0.2) is 48.5 Å². The van der Waals surface area contributed by atoms with E-state index in [2.05, 4.69) is 10.3 Å². The molecule has 3 rings (SSSR count). The minimum Gasteiger partial charge on any atom is -0.456 e. The first-order valence-corrected chi connectivity index (χ1v) is 9.75. The average molecular weight is 403 g/mol. The van der Waals surface area contributed by atoms with E-state index in [4.69, 9.17) is 16.3 Å². The Morgan fingerprint density at radius 3 is 2.67 bits per heavy atom. The number of para-hydroxylation sites is 1. The molecule has 1 aromatic heterocycles. The van der Waals surface area contributed by atoms with Crippen molar-refractivity contribution in [2.45, 2.75) is 25.8 Å². The van der Waals surface area contributed by atoms with Crippen molar-refractivity contribution in [1.29, 1.82) is 0 Å². The minimum atomic E-state index is -0.413. The van der Waals surface area contributed by atoms with Gasteiger partial charge in [-0.3, -0.25) is 9.59 Å². The molecule has 1 amide bonds. The van der Waals surface area contributed by atoms with E-state index >= 15 is 0 Å². The Morgan fingerprint density at radius 2 is 1.93 bits per heavy atom. The Hall–Kier alpha value is -2.44. The maximum absolute atomic E-state index is 12.0. The summed E-state index contributed by atoms with van der Waals surface area (Å²) >= 11 is 7.42. The zero-order chi connectivity index (χ0) is 19.2. The molecule has 140 valence electrons. The Balaban J connectivity index is 1.41. The maximum Gasteiger partial charge on any atom is 0.306 e. The second kappa shape index (κ2) is 8.97. The average Bonchev–Trinajstić information content (AvgIpc) is 3.08. The van der Waals surface area contributed by atoms with Gasteiger partial charge in [-0.25, -0.2) is 4.98 Å². The summed E-state index contributed by atoms with van der Waals surface area (Å²) in [6.45, 7) is 1.56. The number of esters is 1. The third-order valence-electron chi connectivity index (χ3n) is 3.99. The van der Waals surface area contributed by atoms with Gasteiger partial charge >= 0.3 is 5.97 Å². The van der Waals surface area contributed by atoms with Crippen LogP contribution in [-0.2, 0) is 20.7 Å². The monoisotopic (exact) mass is 402 g/mol. The number of rotatable bonds is 7. The molecule has 0 saturated heterocycles. The highest BCUT2D eigenvalue weighted by Crippen LogP contribution is 2.22. The number of carbonyl (C=O) groups is 2. The van der Waals surface area contributed by atoms with Crippen LogP contribution in [0.5, 0.6) is 0 Å². The van der Waals surface area contributed by atoms with Gasteiger partial charge in [-0.05, 0) is 36.8 Å². The molecule has 5 nitrogen and oxygen atoms in total. The number of ether oxygens (including phenoxy) is 1. The van der Waals surface area contributed by atoms with Crippen LogP contribution in [0.25, 0.3) is 10.2 Å². The number of aryl methyl sites for hydroxylation is 1. The van der Waals surface area contributed by atoms with E-state index < -0.39 is 5.97 Å². The molecule has 0 aliphatic carbocycles. The van der Waals surface area contributed by atoms with E-state index in [-0.39, 0.29) is 25.0 Å². The number of hydrogen-bond acceptors (Lipinski definition) is 5. The van der Waals surface area contributed by atoms with Crippen molar-refractivity contribution in [3.8, 4) is 0 Å². The van der Waals surface area contributed by atoms with E-state index in [0.717, 1.165) is 20.8 Å². The molecule has 0 aliphatic heterocycles. The first-order valence-electron chi connectivity index (χ1n) is 8.56. The molecular formula is C20H19ClN2O3S. The second-order valence-corrected chi connectivity index (χ2v) is 7.63. The number of benzene rings is 2. The third-order valence-corrected chi connectivity index (χ3v) is 5.34. The molecule has 3 aromatic rings. The van der Waals surface area contributed by atoms with Crippen LogP contribution < -0.4 is 5.32 Å². The van der Waals surface area contributed by atoms with Crippen molar-refractivity contribution in [2.24, 2.45) is 0 Å². The highest BCUT2D eigenvalue weighted by atomic mass is 35.5. The van der Waals surface area contributed by atoms with Crippen LogP contribution >= 0.6 is 22.9 Å². The predicted octanol–water partition coefficient (Wildman–Crippen LogP) is 4.30. The summed E-state index contributed by atoms with van der Waals surface area (Å²) in [6, 6.07) is 14.9. The molecule has 0 aliphatic rings. The number of fused-ring (bicyclic) bond motifs is 1. The highest BCUT2D eigenvalue weighted by Gasteiger charge is 2.13. The fraction of sp³-hybridized carbons (Fsp3) is 0.250. The lowest BCUT2D eigenvalue weighted by Crippen LogP contribution is -2.31. The molecule has 0 bridgehead atoms. The van der Waals surface area contributed by atoms with Gasteiger partial charge in [0.05, 0.1) is 27.7 Å². The molecule has 1 N–H and O–H groups in total. The summed E-state index contributed by atoms with van der Waals surface area (Å²) in [5.41, 5.74) is 1.86. The molecule has 7 heteroatoms. The molecule has 2 aromatic carbocycles. The predicted molar refractivity (Wildman–Crippen MR) is 107 cm³/mol. The number of hydrogen-bond donors (Lipinski definition) is 1. The summed E-state index contributed by atoms with van der Waals surface area (Å²) in [4.78, 5) is 28.3. The van der Waals surface area contributed by atoms with Crippen LogP contribution in [0.1, 0.15) is 30.0 Å². The zero-order valence-corrected chi connectivity index (χ0v) is 16.3. The van der Waals surface area contributed by atoms with Crippen molar-refractivity contribution in [3.63, 3.8) is 0 Å². The number of nitrogens with zero attached hydrogens (tertiary/aromatic N) is 1. The van der Waals surface area contributed by atoms with E-state index in [1.165, 1.54) is 0 Å². The quantitative estimate of drug-likeness (QED) is 0.598. The van der Waals surface area contributed by atoms with Gasteiger partial charge in [0.2, 0.25) is 0 Å². The lowest BCUT2D eigenvalue weighted by molar-refractivity contribution is -0.148. The topological polar surface area (TPSA) is 68.3 Å². The number of aromatic nitrogens is 1. The first kappa shape index (κ1) is 19.3. The molecule has 0 fully saturated rings. The van der Waals surface area contributed by atoms with Gasteiger partial charge in [-0.2, -0.15) is 0 Å². The van der Waals surface area contributed by atoms with Gasteiger partial charge in [0.1, 0.15) is 0 Å². The lowest BCUT2D eigenvalue weighted by Gasteiger charge is -2.14. The van der Waals surface area contributed by atoms with Gasteiger partial charge in [0.25, 0.3) is 5.91 Å². The van der Waals surface area contributed by atoms with Crippen LogP contribution in [0.4, 0.5) is 0 Å². The summed E-state index contributed by atoms with van der Waals surface area (Å²) in [7, 11) is 0. The molecule has 27 heavy (non-hydrogen) atoms. The normalized spacial score (nSPS) is 11.9. The van der Waals surface area contributed by atoms with Gasteiger partial charge in [-0.15, -0.1) is 11.3 Å².